The van der Waals surface area contributed by atoms with Crippen molar-refractivity contribution >= 4 is 23.3 Å². The first-order valence-corrected chi connectivity index (χ1v) is 8.24. The SMILES string of the molecule is Cn1cccc1C(=O)OCC(=O)NCCNc1ccc(C(F)(F)F)cc1[N+](=O)[O-]. The van der Waals surface area contributed by atoms with Crippen LogP contribution in [0.1, 0.15) is 16.1 Å². The van der Waals surface area contributed by atoms with Crippen molar-refractivity contribution < 1.29 is 32.4 Å². The second-order valence-corrected chi connectivity index (χ2v) is 5.84. The van der Waals surface area contributed by atoms with E-state index in [2.05, 4.69) is 10.6 Å². The summed E-state index contributed by atoms with van der Waals surface area (Å²) in [7, 11) is 1.64. The molecule has 0 saturated carbocycles. The number of aryl methyl sites for hydroxylation is 1. The van der Waals surface area contributed by atoms with Gasteiger partial charge in [-0.15, -0.1) is 0 Å². The lowest BCUT2D eigenvalue weighted by Gasteiger charge is -2.11. The molecule has 29 heavy (non-hydrogen) atoms. The molecule has 0 spiro atoms. The standard InChI is InChI=1S/C17H17F3N4O5/c1-23-8-2-3-13(23)16(26)29-10-15(25)22-7-6-21-12-5-4-11(17(18,19)20)9-14(12)24(27)28/h2-5,8-9,21H,6-7,10H2,1H3,(H,22,25). The minimum absolute atomic E-state index is 0.00127. The number of nitro benzene ring substituents is 1. The van der Waals surface area contributed by atoms with E-state index in [0.29, 0.717) is 6.07 Å². The molecule has 0 aliphatic carbocycles. The summed E-state index contributed by atoms with van der Waals surface area (Å²) in [4.78, 5) is 33.5. The molecule has 2 N–H and O–H groups in total. The quantitative estimate of drug-likeness (QED) is 0.297. The summed E-state index contributed by atoms with van der Waals surface area (Å²) in [6, 6.07) is 5.27. The largest absolute Gasteiger partial charge is 0.451 e. The number of alkyl halides is 3. The van der Waals surface area contributed by atoms with E-state index in [-0.39, 0.29) is 24.5 Å². The number of benzene rings is 1. The highest BCUT2D eigenvalue weighted by molar-refractivity contribution is 5.89. The van der Waals surface area contributed by atoms with Crippen molar-refractivity contribution in [3.63, 3.8) is 0 Å². The number of hydrogen-bond donors (Lipinski definition) is 2. The summed E-state index contributed by atoms with van der Waals surface area (Å²) in [5.74, 6) is -1.28. The molecule has 156 valence electrons. The second kappa shape index (κ2) is 9.08. The van der Waals surface area contributed by atoms with Crippen LogP contribution in [-0.4, -0.2) is 41.1 Å². The van der Waals surface area contributed by atoms with E-state index in [0.717, 1.165) is 12.1 Å². The maximum Gasteiger partial charge on any atom is 0.416 e. The van der Waals surface area contributed by atoms with E-state index >= 15 is 0 Å². The van der Waals surface area contributed by atoms with E-state index in [9.17, 15) is 32.9 Å². The van der Waals surface area contributed by atoms with Crippen molar-refractivity contribution in [1.82, 2.24) is 9.88 Å². The van der Waals surface area contributed by atoms with Gasteiger partial charge in [0, 0.05) is 32.4 Å². The minimum Gasteiger partial charge on any atom is -0.451 e. The lowest BCUT2D eigenvalue weighted by Crippen LogP contribution is -2.32. The summed E-state index contributed by atoms with van der Waals surface area (Å²) in [5, 5.41) is 16.0. The lowest BCUT2D eigenvalue weighted by atomic mass is 10.1. The molecule has 0 aliphatic rings. The molecule has 0 bridgehead atoms. The van der Waals surface area contributed by atoms with Crippen molar-refractivity contribution in [2.75, 3.05) is 25.0 Å². The van der Waals surface area contributed by atoms with Crippen molar-refractivity contribution in [1.29, 1.82) is 0 Å². The van der Waals surface area contributed by atoms with Crippen LogP contribution < -0.4 is 10.6 Å². The van der Waals surface area contributed by atoms with Gasteiger partial charge in [-0.1, -0.05) is 0 Å². The van der Waals surface area contributed by atoms with Crippen molar-refractivity contribution in [2.24, 2.45) is 7.05 Å². The number of rotatable bonds is 8. The van der Waals surface area contributed by atoms with Gasteiger partial charge >= 0.3 is 12.1 Å². The number of halogens is 3. The molecule has 0 atom stereocenters. The first kappa shape index (κ1) is 21.7. The molecule has 9 nitrogen and oxygen atoms in total. The number of anilines is 1. The Morgan fingerprint density at radius 2 is 1.97 bits per heavy atom. The van der Waals surface area contributed by atoms with Gasteiger partial charge in [0.1, 0.15) is 11.4 Å². The minimum atomic E-state index is -4.70. The van der Waals surface area contributed by atoms with Gasteiger partial charge in [0.05, 0.1) is 10.5 Å². The maximum absolute atomic E-state index is 12.7. The number of hydrogen-bond acceptors (Lipinski definition) is 6. The fourth-order valence-corrected chi connectivity index (χ4v) is 2.34. The Balaban J connectivity index is 1.81. The molecule has 0 fully saturated rings. The molecule has 12 heteroatoms. The van der Waals surface area contributed by atoms with Crippen molar-refractivity contribution in [3.8, 4) is 0 Å². The van der Waals surface area contributed by atoms with Gasteiger partial charge in [0.15, 0.2) is 6.61 Å². The predicted octanol–water partition coefficient (Wildman–Crippen LogP) is 2.34. The summed E-state index contributed by atoms with van der Waals surface area (Å²) < 4.78 is 44.4. The highest BCUT2D eigenvalue weighted by Gasteiger charge is 2.33. The normalized spacial score (nSPS) is 11.0. The number of amides is 1. The lowest BCUT2D eigenvalue weighted by molar-refractivity contribution is -0.384. The topological polar surface area (TPSA) is 116 Å². The highest BCUT2D eigenvalue weighted by Crippen LogP contribution is 2.34. The molecular weight excluding hydrogens is 397 g/mol. The van der Waals surface area contributed by atoms with Crippen molar-refractivity contribution in [3.05, 3.63) is 57.9 Å². The monoisotopic (exact) mass is 414 g/mol. The first-order chi connectivity index (χ1) is 13.6. The number of ether oxygens (including phenoxy) is 1. The van der Waals surface area contributed by atoms with Crippen LogP contribution in [0.2, 0.25) is 0 Å². The van der Waals surface area contributed by atoms with Gasteiger partial charge in [0.25, 0.3) is 11.6 Å². The van der Waals surface area contributed by atoms with Crippen LogP contribution in [0, 0.1) is 10.1 Å². The molecule has 1 heterocycles. The fourth-order valence-electron chi connectivity index (χ4n) is 2.34. The molecule has 0 radical (unpaired) electrons. The van der Waals surface area contributed by atoms with E-state index in [4.69, 9.17) is 4.74 Å². The third kappa shape index (κ3) is 5.96. The molecule has 1 aromatic heterocycles. The molecule has 2 rings (SSSR count). The zero-order chi connectivity index (χ0) is 21.6. The zero-order valence-corrected chi connectivity index (χ0v) is 15.2. The maximum atomic E-state index is 12.7. The molecule has 0 saturated heterocycles. The third-order valence-corrected chi connectivity index (χ3v) is 3.77. The van der Waals surface area contributed by atoms with Crippen molar-refractivity contribution in [2.45, 2.75) is 6.18 Å². The Morgan fingerprint density at radius 3 is 2.55 bits per heavy atom. The van der Waals surface area contributed by atoms with Crippen LogP contribution in [0.5, 0.6) is 0 Å². The number of aromatic nitrogens is 1. The second-order valence-electron chi connectivity index (χ2n) is 5.84. The number of nitrogens with zero attached hydrogens (tertiary/aromatic N) is 2. The van der Waals surface area contributed by atoms with Gasteiger partial charge in [-0.05, 0) is 24.3 Å². The number of esters is 1. The molecule has 0 unspecified atom stereocenters. The summed E-state index contributed by atoms with van der Waals surface area (Å²) >= 11 is 0. The molecular formula is C17H17F3N4O5. The first-order valence-electron chi connectivity index (χ1n) is 8.24. The Bertz CT molecular complexity index is 911. The van der Waals surface area contributed by atoms with Gasteiger partial charge in [-0.3, -0.25) is 14.9 Å². The fraction of sp³-hybridized carbons (Fsp3) is 0.294. The number of nitrogens with one attached hydrogen (secondary N) is 2. The Morgan fingerprint density at radius 1 is 1.24 bits per heavy atom. The summed E-state index contributed by atoms with van der Waals surface area (Å²) in [6.07, 6.45) is -3.06. The average Bonchev–Trinajstić information content (AvgIpc) is 3.08. The third-order valence-electron chi connectivity index (χ3n) is 3.77. The Labute approximate surface area is 162 Å². The van der Waals surface area contributed by atoms with E-state index < -0.39 is 40.8 Å². The van der Waals surface area contributed by atoms with Crippen LogP contribution in [0.3, 0.4) is 0 Å². The van der Waals surface area contributed by atoms with Crippen LogP contribution >= 0.6 is 0 Å². The van der Waals surface area contributed by atoms with E-state index in [1.165, 1.54) is 10.6 Å². The Hall–Kier alpha value is -3.57. The average molecular weight is 414 g/mol. The van der Waals surface area contributed by atoms with E-state index in [1.807, 2.05) is 0 Å². The number of nitro groups is 1. The van der Waals surface area contributed by atoms with E-state index in [1.54, 1.807) is 19.3 Å². The number of carbonyl (C=O) groups is 2. The van der Waals surface area contributed by atoms with Gasteiger partial charge in [-0.25, -0.2) is 4.79 Å². The van der Waals surface area contributed by atoms with Crippen LogP contribution in [-0.2, 0) is 22.8 Å². The predicted molar refractivity (Wildman–Crippen MR) is 95.3 cm³/mol. The Kier molecular flexibility index (Phi) is 6.80. The zero-order valence-electron chi connectivity index (χ0n) is 15.2. The number of carbonyl (C=O) groups excluding carboxylic acids is 2. The van der Waals surface area contributed by atoms with Crippen LogP contribution in [0.25, 0.3) is 0 Å². The van der Waals surface area contributed by atoms with Gasteiger partial charge in [-0.2, -0.15) is 13.2 Å². The summed E-state index contributed by atoms with van der Waals surface area (Å²) in [6.45, 7) is -0.521. The van der Waals surface area contributed by atoms with Crippen LogP contribution in [0.4, 0.5) is 24.5 Å². The van der Waals surface area contributed by atoms with Gasteiger partial charge in [0.2, 0.25) is 0 Å². The highest BCUT2D eigenvalue weighted by atomic mass is 19.4. The molecule has 0 aliphatic heterocycles. The van der Waals surface area contributed by atoms with Gasteiger partial charge < -0.3 is 19.9 Å². The smallest absolute Gasteiger partial charge is 0.416 e. The molecule has 1 aromatic carbocycles. The van der Waals surface area contributed by atoms with Crippen LogP contribution in [0.15, 0.2) is 36.5 Å². The molecule has 1 amide bonds. The summed E-state index contributed by atoms with van der Waals surface area (Å²) in [5.41, 5.74) is -1.72. The molecule has 2 aromatic rings.